The smallest absolute Gasteiger partial charge is 0.387 e. The van der Waals surface area contributed by atoms with Gasteiger partial charge in [-0.25, -0.2) is 13.6 Å². The Bertz CT molecular complexity index is 392. The maximum absolute atomic E-state index is 12.9. The van der Waals surface area contributed by atoms with Crippen molar-refractivity contribution in [3.8, 4) is 5.75 Å². The first-order chi connectivity index (χ1) is 6.91. The van der Waals surface area contributed by atoms with Gasteiger partial charge in [0.1, 0.15) is 22.9 Å². The van der Waals surface area contributed by atoms with Gasteiger partial charge in [0.25, 0.3) is 0 Å². The highest BCUT2D eigenvalue weighted by Gasteiger charge is 2.21. The molecule has 3 nitrogen and oxygen atoms in total. The molecule has 0 heterocycles. The van der Waals surface area contributed by atoms with Crippen LogP contribution in [0.1, 0.15) is 10.4 Å². The normalized spacial score (nSPS) is 10.5. The molecule has 1 aromatic rings. The summed E-state index contributed by atoms with van der Waals surface area (Å²) in [7, 11) is 0. The van der Waals surface area contributed by atoms with Crippen LogP contribution in [0.4, 0.5) is 17.6 Å². The predicted octanol–water partition coefficient (Wildman–Crippen LogP) is 2.26. The zero-order valence-corrected chi connectivity index (χ0v) is 7.01. The van der Waals surface area contributed by atoms with Crippen molar-refractivity contribution in [2.75, 3.05) is 0 Å². The second-order valence-electron chi connectivity index (χ2n) is 2.44. The van der Waals surface area contributed by atoms with Crippen molar-refractivity contribution in [3.05, 3.63) is 29.3 Å². The topological polar surface area (TPSA) is 46.5 Å². The number of ether oxygens (including phenoxy) is 1. The van der Waals surface area contributed by atoms with Gasteiger partial charge in [-0.05, 0) is 0 Å². The van der Waals surface area contributed by atoms with Crippen molar-refractivity contribution < 1.29 is 32.2 Å². The summed E-state index contributed by atoms with van der Waals surface area (Å²) < 4.78 is 52.6. The maximum Gasteiger partial charge on any atom is 0.387 e. The molecule has 15 heavy (non-hydrogen) atoms. The SMILES string of the molecule is O=C(O)c1c(F)cc(F)cc1OC(F)F. The largest absolute Gasteiger partial charge is 0.477 e. The van der Waals surface area contributed by atoms with Crippen molar-refractivity contribution in [1.29, 1.82) is 0 Å². The standard InChI is InChI=1S/C8H4F4O3/c9-3-1-4(10)6(7(13)14)5(2-3)15-8(11)12/h1-2,8H,(H,13,14). The van der Waals surface area contributed by atoms with Gasteiger partial charge in [0.15, 0.2) is 0 Å². The number of carboxylic acids is 1. The molecule has 0 saturated heterocycles. The van der Waals surface area contributed by atoms with Gasteiger partial charge >= 0.3 is 12.6 Å². The van der Waals surface area contributed by atoms with Gasteiger partial charge in [0.05, 0.1) is 0 Å². The molecule has 7 heteroatoms. The first-order valence-electron chi connectivity index (χ1n) is 3.59. The van der Waals surface area contributed by atoms with Crippen LogP contribution in [0.3, 0.4) is 0 Å². The number of carbonyl (C=O) groups is 1. The second kappa shape index (κ2) is 4.16. The van der Waals surface area contributed by atoms with Crippen LogP contribution in [0.2, 0.25) is 0 Å². The number of alkyl halides is 2. The van der Waals surface area contributed by atoms with Crippen LogP contribution in [0.15, 0.2) is 12.1 Å². The molecule has 0 aliphatic rings. The Hall–Kier alpha value is -1.79. The molecule has 0 radical (unpaired) electrons. The maximum atomic E-state index is 12.9. The average molecular weight is 224 g/mol. The van der Waals surface area contributed by atoms with Crippen LogP contribution >= 0.6 is 0 Å². The summed E-state index contributed by atoms with van der Waals surface area (Å²) in [5.74, 6) is -5.54. The molecule has 1 aromatic carbocycles. The second-order valence-corrected chi connectivity index (χ2v) is 2.44. The van der Waals surface area contributed by atoms with E-state index in [-0.39, 0.29) is 6.07 Å². The van der Waals surface area contributed by atoms with Crippen LogP contribution in [-0.4, -0.2) is 17.7 Å². The van der Waals surface area contributed by atoms with E-state index < -0.39 is 35.5 Å². The number of benzene rings is 1. The van der Waals surface area contributed by atoms with Crippen molar-refractivity contribution in [1.82, 2.24) is 0 Å². The summed E-state index contributed by atoms with van der Waals surface area (Å²) in [5.41, 5.74) is -1.13. The third kappa shape index (κ3) is 2.58. The van der Waals surface area contributed by atoms with E-state index >= 15 is 0 Å². The number of carboxylic acid groups (broad SMARTS) is 1. The summed E-state index contributed by atoms with van der Waals surface area (Å²) in [6, 6.07) is 0.639. The van der Waals surface area contributed by atoms with Gasteiger partial charge in [-0.2, -0.15) is 8.78 Å². The van der Waals surface area contributed by atoms with E-state index in [2.05, 4.69) is 4.74 Å². The van der Waals surface area contributed by atoms with E-state index in [0.29, 0.717) is 6.07 Å². The molecular formula is C8H4F4O3. The zero-order chi connectivity index (χ0) is 11.6. The van der Waals surface area contributed by atoms with Gasteiger partial charge in [0.2, 0.25) is 0 Å². The highest BCUT2D eigenvalue weighted by Crippen LogP contribution is 2.24. The molecule has 0 atom stereocenters. The molecule has 1 N–H and O–H groups in total. The van der Waals surface area contributed by atoms with Gasteiger partial charge in [0, 0.05) is 12.1 Å². The summed E-state index contributed by atoms with van der Waals surface area (Å²) >= 11 is 0. The molecular weight excluding hydrogens is 220 g/mol. The molecule has 0 spiro atoms. The van der Waals surface area contributed by atoms with Crippen LogP contribution in [-0.2, 0) is 0 Å². The molecule has 0 fully saturated rings. The highest BCUT2D eigenvalue weighted by molar-refractivity contribution is 5.91. The van der Waals surface area contributed by atoms with Crippen molar-refractivity contribution in [2.24, 2.45) is 0 Å². The van der Waals surface area contributed by atoms with Gasteiger partial charge in [-0.15, -0.1) is 0 Å². The summed E-state index contributed by atoms with van der Waals surface area (Å²) in [5, 5.41) is 8.46. The summed E-state index contributed by atoms with van der Waals surface area (Å²) in [6.07, 6.45) is 0. The highest BCUT2D eigenvalue weighted by atomic mass is 19.3. The van der Waals surface area contributed by atoms with E-state index in [9.17, 15) is 22.4 Å². The lowest BCUT2D eigenvalue weighted by Gasteiger charge is -2.08. The Kier molecular flexibility index (Phi) is 3.13. The number of hydrogen-bond donors (Lipinski definition) is 1. The molecule has 0 aliphatic carbocycles. The third-order valence-electron chi connectivity index (χ3n) is 1.45. The quantitative estimate of drug-likeness (QED) is 0.801. The number of halogens is 4. The zero-order valence-electron chi connectivity index (χ0n) is 7.01. The number of hydrogen-bond acceptors (Lipinski definition) is 2. The lowest BCUT2D eigenvalue weighted by Crippen LogP contribution is -2.10. The van der Waals surface area contributed by atoms with Gasteiger partial charge in [-0.1, -0.05) is 0 Å². The molecule has 0 bridgehead atoms. The van der Waals surface area contributed by atoms with Crippen LogP contribution in [0, 0.1) is 11.6 Å². The monoisotopic (exact) mass is 224 g/mol. The van der Waals surface area contributed by atoms with Crippen LogP contribution in [0.5, 0.6) is 5.75 Å². The van der Waals surface area contributed by atoms with Gasteiger partial charge in [-0.3, -0.25) is 0 Å². The average Bonchev–Trinajstić information content (AvgIpc) is 1.99. The number of aromatic carboxylic acids is 1. The Morgan fingerprint density at radius 3 is 2.40 bits per heavy atom. The van der Waals surface area contributed by atoms with E-state index in [1.807, 2.05) is 0 Å². The molecule has 0 aromatic heterocycles. The Morgan fingerprint density at radius 2 is 1.93 bits per heavy atom. The lowest BCUT2D eigenvalue weighted by molar-refractivity contribution is -0.0506. The lowest BCUT2D eigenvalue weighted by atomic mass is 10.2. The van der Waals surface area contributed by atoms with E-state index in [4.69, 9.17) is 5.11 Å². The van der Waals surface area contributed by atoms with Crippen molar-refractivity contribution in [3.63, 3.8) is 0 Å². The Labute approximate surface area is 80.9 Å². The minimum absolute atomic E-state index is 0.266. The van der Waals surface area contributed by atoms with E-state index in [1.165, 1.54) is 0 Å². The van der Waals surface area contributed by atoms with E-state index in [1.54, 1.807) is 0 Å². The van der Waals surface area contributed by atoms with Crippen molar-refractivity contribution >= 4 is 5.97 Å². The fourth-order valence-corrected chi connectivity index (χ4v) is 0.946. The third-order valence-corrected chi connectivity index (χ3v) is 1.45. The Morgan fingerprint density at radius 1 is 1.33 bits per heavy atom. The molecule has 0 amide bonds. The summed E-state index contributed by atoms with van der Waals surface area (Å²) in [4.78, 5) is 10.4. The minimum atomic E-state index is -3.36. The molecule has 82 valence electrons. The molecule has 1 rings (SSSR count). The minimum Gasteiger partial charge on any atom is -0.477 e. The van der Waals surface area contributed by atoms with Gasteiger partial charge < -0.3 is 9.84 Å². The molecule has 0 unspecified atom stereocenters. The molecule has 0 saturated carbocycles. The first-order valence-corrected chi connectivity index (χ1v) is 3.59. The van der Waals surface area contributed by atoms with E-state index in [0.717, 1.165) is 0 Å². The Balaban J connectivity index is 3.27. The van der Waals surface area contributed by atoms with Crippen LogP contribution < -0.4 is 4.74 Å². The first kappa shape index (κ1) is 11.3. The fourth-order valence-electron chi connectivity index (χ4n) is 0.946. The fraction of sp³-hybridized carbons (Fsp3) is 0.125. The summed E-state index contributed by atoms with van der Waals surface area (Å²) in [6.45, 7) is -3.36. The molecule has 0 aliphatic heterocycles. The van der Waals surface area contributed by atoms with Crippen LogP contribution in [0.25, 0.3) is 0 Å². The number of rotatable bonds is 3. The van der Waals surface area contributed by atoms with Crippen molar-refractivity contribution in [2.45, 2.75) is 6.61 Å². The predicted molar refractivity (Wildman–Crippen MR) is 39.9 cm³/mol.